The van der Waals surface area contributed by atoms with E-state index >= 15 is 0 Å². The summed E-state index contributed by atoms with van der Waals surface area (Å²) in [5, 5.41) is 0. The molecule has 0 aromatic carbocycles. The fourth-order valence-corrected chi connectivity index (χ4v) is 3.33. The molecule has 1 saturated heterocycles. The molecule has 0 saturated carbocycles. The van der Waals surface area contributed by atoms with Crippen molar-refractivity contribution < 1.29 is 8.42 Å². The van der Waals surface area contributed by atoms with Crippen molar-refractivity contribution in [3.8, 4) is 0 Å². The van der Waals surface area contributed by atoms with Crippen LogP contribution in [0.4, 0.5) is 0 Å². The molecule has 5 nitrogen and oxygen atoms in total. The van der Waals surface area contributed by atoms with Gasteiger partial charge in [0.2, 0.25) is 0 Å². The van der Waals surface area contributed by atoms with Crippen molar-refractivity contribution in [3.05, 3.63) is 0 Å². The predicted molar refractivity (Wildman–Crippen MR) is 66.2 cm³/mol. The molecule has 96 valence electrons. The van der Waals surface area contributed by atoms with Crippen molar-refractivity contribution in [2.45, 2.75) is 13.0 Å². The van der Waals surface area contributed by atoms with Gasteiger partial charge in [0.1, 0.15) is 0 Å². The van der Waals surface area contributed by atoms with Gasteiger partial charge in [0.05, 0.1) is 11.5 Å². The fraction of sp³-hybridized carbons (Fsp3) is 1.00. The van der Waals surface area contributed by atoms with Crippen LogP contribution in [0.1, 0.15) is 6.92 Å². The number of nitrogens with two attached hydrogens (primary N) is 1. The molecular formula is C10H23N3O2S. The SMILES string of the molecule is CC(N)CS(=O)(=O)CCN1CCN(C)CC1. The standard InChI is InChI=1S/C10H23N3O2S/c1-10(11)9-16(14,15)8-7-13-5-3-12(2)4-6-13/h10H,3-9,11H2,1-2H3. The van der Waals surface area contributed by atoms with E-state index in [0.717, 1.165) is 26.2 Å². The maximum Gasteiger partial charge on any atom is 0.153 e. The fourth-order valence-electron chi connectivity index (χ4n) is 1.82. The molecule has 1 atom stereocenters. The molecule has 16 heavy (non-hydrogen) atoms. The van der Waals surface area contributed by atoms with Gasteiger partial charge in [-0.2, -0.15) is 0 Å². The number of rotatable bonds is 5. The topological polar surface area (TPSA) is 66.6 Å². The Balaban J connectivity index is 2.29. The lowest BCUT2D eigenvalue weighted by atomic mass is 10.3. The van der Waals surface area contributed by atoms with Gasteiger partial charge in [0.25, 0.3) is 0 Å². The van der Waals surface area contributed by atoms with Crippen LogP contribution in [0.25, 0.3) is 0 Å². The van der Waals surface area contributed by atoms with Gasteiger partial charge in [0.15, 0.2) is 9.84 Å². The summed E-state index contributed by atoms with van der Waals surface area (Å²) < 4.78 is 23.3. The minimum atomic E-state index is -2.97. The van der Waals surface area contributed by atoms with Crippen molar-refractivity contribution in [2.75, 3.05) is 51.3 Å². The second kappa shape index (κ2) is 5.95. The van der Waals surface area contributed by atoms with Crippen LogP contribution in [-0.4, -0.2) is 75.5 Å². The van der Waals surface area contributed by atoms with Crippen molar-refractivity contribution in [1.29, 1.82) is 0 Å². The summed E-state index contributed by atoms with van der Waals surface area (Å²) in [6, 6.07) is -0.266. The van der Waals surface area contributed by atoms with Crippen LogP contribution >= 0.6 is 0 Å². The Hall–Kier alpha value is -0.170. The van der Waals surface area contributed by atoms with E-state index in [-0.39, 0.29) is 17.5 Å². The van der Waals surface area contributed by atoms with Crippen molar-refractivity contribution >= 4 is 9.84 Å². The molecule has 1 fully saturated rings. The van der Waals surface area contributed by atoms with E-state index in [4.69, 9.17) is 5.73 Å². The molecule has 1 rings (SSSR count). The Bertz CT molecular complexity index is 295. The number of likely N-dealkylation sites (N-methyl/N-ethyl adjacent to an activating group) is 1. The normalized spacial score (nSPS) is 22.2. The summed E-state index contributed by atoms with van der Waals surface area (Å²) in [4.78, 5) is 4.46. The molecule has 0 amide bonds. The molecule has 1 aliphatic rings. The van der Waals surface area contributed by atoms with Gasteiger partial charge in [-0.1, -0.05) is 0 Å². The molecule has 0 aromatic heterocycles. The lowest BCUT2D eigenvalue weighted by molar-refractivity contribution is 0.161. The molecule has 0 radical (unpaired) electrons. The third kappa shape index (κ3) is 5.25. The first-order valence-corrected chi connectivity index (χ1v) is 7.58. The van der Waals surface area contributed by atoms with Crippen molar-refractivity contribution in [1.82, 2.24) is 9.80 Å². The molecular weight excluding hydrogens is 226 g/mol. The Morgan fingerprint density at radius 3 is 2.31 bits per heavy atom. The summed E-state index contributed by atoms with van der Waals surface area (Å²) in [6.07, 6.45) is 0. The highest BCUT2D eigenvalue weighted by Gasteiger charge is 2.18. The van der Waals surface area contributed by atoms with Crippen LogP contribution in [0, 0.1) is 0 Å². The Morgan fingerprint density at radius 2 is 1.81 bits per heavy atom. The first-order valence-electron chi connectivity index (χ1n) is 5.76. The summed E-state index contributed by atoms with van der Waals surface area (Å²) in [5.74, 6) is 0.332. The largest absolute Gasteiger partial charge is 0.327 e. The Kier molecular flexibility index (Phi) is 5.17. The number of hydrogen-bond acceptors (Lipinski definition) is 5. The minimum Gasteiger partial charge on any atom is -0.327 e. The highest BCUT2D eigenvalue weighted by Crippen LogP contribution is 2.01. The van der Waals surface area contributed by atoms with Gasteiger partial charge in [-0.05, 0) is 14.0 Å². The van der Waals surface area contributed by atoms with Gasteiger partial charge < -0.3 is 10.6 Å². The van der Waals surface area contributed by atoms with E-state index in [1.807, 2.05) is 0 Å². The van der Waals surface area contributed by atoms with E-state index in [1.165, 1.54) is 0 Å². The molecule has 1 aliphatic heterocycles. The van der Waals surface area contributed by atoms with Crippen molar-refractivity contribution in [2.24, 2.45) is 5.73 Å². The number of sulfone groups is 1. The average molecular weight is 249 g/mol. The monoisotopic (exact) mass is 249 g/mol. The zero-order valence-corrected chi connectivity index (χ0v) is 11.0. The van der Waals surface area contributed by atoms with Gasteiger partial charge in [-0.3, -0.25) is 4.90 Å². The van der Waals surface area contributed by atoms with Gasteiger partial charge >= 0.3 is 0 Å². The second-order valence-electron chi connectivity index (χ2n) is 4.74. The quantitative estimate of drug-likeness (QED) is 0.677. The maximum atomic E-state index is 11.6. The Labute approximate surface area is 98.5 Å². The van der Waals surface area contributed by atoms with E-state index in [0.29, 0.717) is 6.54 Å². The third-order valence-electron chi connectivity index (χ3n) is 2.83. The first kappa shape index (κ1) is 13.9. The summed E-state index contributed by atoms with van der Waals surface area (Å²) in [6.45, 7) is 6.34. The minimum absolute atomic E-state index is 0.0980. The average Bonchev–Trinajstić information content (AvgIpc) is 2.15. The molecule has 6 heteroatoms. The van der Waals surface area contributed by atoms with Crippen LogP contribution in [0.15, 0.2) is 0 Å². The number of nitrogens with zero attached hydrogens (tertiary/aromatic N) is 2. The van der Waals surface area contributed by atoms with Crippen LogP contribution in [0.3, 0.4) is 0 Å². The lowest BCUT2D eigenvalue weighted by Crippen LogP contribution is -2.46. The number of piperazine rings is 1. The predicted octanol–water partition coefficient (Wildman–Crippen LogP) is -1.00. The maximum absolute atomic E-state index is 11.6. The van der Waals surface area contributed by atoms with Crippen LogP contribution in [0.5, 0.6) is 0 Å². The first-order chi connectivity index (χ1) is 7.39. The van der Waals surface area contributed by atoms with Crippen LogP contribution in [-0.2, 0) is 9.84 Å². The van der Waals surface area contributed by atoms with E-state index in [2.05, 4.69) is 16.8 Å². The van der Waals surface area contributed by atoms with E-state index in [1.54, 1.807) is 6.92 Å². The molecule has 0 aromatic rings. The van der Waals surface area contributed by atoms with E-state index in [9.17, 15) is 8.42 Å². The highest BCUT2D eigenvalue weighted by atomic mass is 32.2. The van der Waals surface area contributed by atoms with E-state index < -0.39 is 9.84 Å². The highest BCUT2D eigenvalue weighted by molar-refractivity contribution is 7.91. The zero-order valence-electron chi connectivity index (χ0n) is 10.2. The molecule has 0 bridgehead atoms. The van der Waals surface area contributed by atoms with Crippen molar-refractivity contribution in [3.63, 3.8) is 0 Å². The second-order valence-corrected chi connectivity index (χ2v) is 6.97. The smallest absolute Gasteiger partial charge is 0.153 e. The molecule has 1 heterocycles. The third-order valence-corrected chi connectivity index (χ3v) is 4.67. The van der Waals surface area contributed by atoms with Gasteiger partial charge in [-0.25, -0.2) is 8.42 Å². The zero-order chi connectivity index (χ0) is 12.2. The number of hydrogen-bond donors (Lipinski definition) is 1. The molecule has 0 spiro atoms. The lowest BCUT2D eigenvalue weighted by Gasteiger charge is -2.32. The molecule has 0 aliphatic carbocycles. The molecule has 2 N–H and O–H groups in total. The molecule has 1 unspecified atom stereocenters. The Morgan fingerprint density at radius 1 is 1.25 bits per heavy atom. The summed E-state index contributed by atoms with van der Waals surface area (Å²) >= 11 is 0. The van der Waals surface area contributed by atoms with Crippen LogP contribution < -0.4 is 5.73 Å². The van der Waals surface area contributed by atoms with Gasteiger partial charge in [-0.15, -0.1) is 0 Å². The van der Waals surface area contributed by atoms with Crippen LogP contribution in [0.2, 0.25) is 0 Å². The summed E-state index contributed by atoms with van der Waals surface area (Å²) in [5.41, 5.74) is 5.51. The summed E-state index contributed by atoms with van der Waals surface area (Å²) in [7, 11) is -0.887. The van der Waals surface area contributed by atoms with Gasteiger partial charge in [0, 0.05) is 38.8 Å².